The highest BCUT2D eigenvalue weighted by Crippen LogP contribution is 2.08. The lowest BCUT2D eigenvalue weighted by Crippen LogP contribution is -2.34. The molecule has 18 heavy (non-hydrogen) atoms. The van der Waals surface area contributed by atoms with E-state index in [0.29, 0.717) is 11.6 Å². The second kappa shape index (κ2) is 7.17. The van der Waals surface area contributed by atoms with E-state index in [1.807, 2.05) is 12.1 Å². The Morgan fingerprint density at radius 3 is 2.33 bits per heavy atom. The van der Waals surface area contributed by atoms with Crippen LogP contribution >= 0.6 is 0 Å². The molecule has 1 unspecified atom stereocenters. The Morgan fingerprint density at radius 1 is 1.28 bits per heavy atom. The fourth-order valence-corrected chi connectivity index (χ4v) is 2.04. The molecule has 100 valence electrons. The SMILES string of the molecule is CCC(C)N(CC)CCc1ccc(C(=O)O)cc1. The molecule has 1 aromatic carbocycles. The smallest absolute Gasteiger partial charge is 0.335 e. The van der Waals surface area contributed by atoms with E-state index in [-0.39, 0.29) is 0 Å². The molecule has 0 bridgehead atoms. The first-order valence-corrected chi connectivity index (χ1v) is 6.64. The Bertz CT molecular complexity index is 373. The van der Waals surface area contributed by atoms with Crippen LogP contribution in [-0.4, -0.2) is 35.1 Å². The van der Waals surface area contributed by atoms with Crippen LogP contribution < -0.4 is 0 Å². The van der Waals surface area contributed by atoms with Crippen molar-refractivity contribution in [3.8, 4) is 0 Å². The molecule has 1 rings (SSSR count). The third-order valence-electron chi connectivity index (χ3n) is 3.51. The minimum atomic E-state index is -0.865. The molecule has 1 atom stereocenters. The first-order valence-electron chi connectivity index (χ1n) is 6.64. The van der Waals surface area contributed by atoms with Gasteiger partial charge in [0.05, 0.1) is 5.56 Å². The Hall–Kier alpha value is -1.35. The van der Waals surface area contributed by atoms with Crippen LogP contribution in [0.4, 0.5) is 0 Å². The van der Waals surface area contributed by atoms with Gasteiger partial charge in [0.1, 0.15) is 0 Å². The number of nitrogens with zero attached hydrogens (tertiary/aromatic N) is 1. The number of benzene rings is 1. The topological polar surface area (TPSA) is 40.5 Å². The van der Waals surface area contributed by atoms with Crippen LogP contribution in [0.2, 0.25) is 0 Å². The molecule has 0 aliphatic heterocycles. The zero-order valence-electron chi connectivity index (χ0n) is 11.5. The molecule has 0 saturated carbocycles. The largest absolute Gasteiger partial charge is 0.478 e. The molecule has 0 radical (unpaired) electrons. The lowest BCUT2D eigenvalue weighted by Gasteiger charge is -2.26. The normalized spacial score (nSPS) is 12.7. The Kier molecular flexibility index (Phi) is 5.86. The van der Waals surface area contributed by atoms with Crippen LogP contribution in [0.15, 0.2) is 24.3 Å². The molecular formula is C15H23NO2. The fourth-order valence-electron chi connectivity index (χ4n) is 2.04. The zero-order chi connectivity index (χ0) is 13.5. The maximum atomic E-state index is 10.7. The van der Waals surface area contributed by atoms with E-state index >= 15 is 0 Å². The molecule has 0 spiro atoms. The average molecular weight is 249 g/mol. The summed E-state index contributed by atoms with van der Waals surface area (Å²) in [5.41, 5.74) is 1.55. The maximum Gasteiger partial charge on any atom is 0.335 e. The monoisotopic (exact) mass is 249 g/mol. The van der Waals surface area contributed by atoms with Crippen molar-refractivity contribution in [1.29, 1.82) is 0 Å². The second-order valence-electron chi connectivity index (χ2n) is 4.64. The van der Waals surface area contributed by atoms with Crippen LogP contribution in [-0.2, 0) is 6.42 Å². The molecule has 0 saturated heterocycles. The molecule has 0 heterocycles. The maximum absolute atomic E-state index is 10.7. The van der Waals surface area contributed by atoms with Crippen LogP contribution in [0, 0.1) is 0 Å². The van der Waals surface area contributed by atoms with Crippen LogP contribution in [0.5, 0.6) is 0 Å². The third kappa shape index (κ3) is 4.15. The minimum Gasteiger partial charge on any atom is -0.478 e. The van der Waals surface area contributed by atoms with Gasteiger partial charge in [0.15, 0.2) is 0 Å². The van der Waals surface area contributed by atoms with Gasteiger partial charge in [-0.1, -0.05) is 26.0 Å². The van der Waals surface area contributed by atoms with Crippen molar-refractivity contribution < 1.29 is 9.90 Å². The van der Waals surface area contributed by atoms with Crippen LogP contribution in [0.3, 0.4) is 0 Å². The van der Waals surface area contributed by atoms with Crippen molar-refractivity contribution in [1.82, 2.24) is 4.90 Å². The molecule has 3 heteroatoms. The number of hydrogen-bond donors (Lipinski definition) is 1. The fraction of sp³-hybridized carbons (Fsp3) is 0.533. The molecule has 0 fully saturated rings. The highest BCUT2D eigenvalue weighted by Gasteiger charge is 2.09. The van der Waals surface area contributed by atoms with Crippen molar-refractivity contribution in [3.05, 3.63) is 35.4 Å². The third-order valence-corrected chi connectivity index (χ3v) is 3.51. The summed E-state index contributed by atoms with van der Waals surface area (Å²) in [6.45, 7) is 8.71. The van der Waals surface area contributed by atoms with Crippen molar-refractivity contribution in [2.75, 3.05) is 13.1 Å². The Morgan fingerprint density at radius 2 is 1.89 bits per heavy atom. The van der Waals surface area contributed by atoms with E-state index in [1.165, 1.54) is 5.56 Å². The molecule has 1 N–H and O–H groups in total. The molecule has 0 aliphatic rings. The predicted molar refractivity (Wildman–Crippen MR) is 74.1 cm³/mol. The quantitative estimate of drug-likeness (QED) is 0.807. The van der Waals surface area contributed by atoms with E-state index in [1.54, 1.807) is 12.1 Å². The number of likely N-dealkylation sites (N-methyl/N-ethyl adjacent to an activating group) is 1. The van der Waals surface area contributed by atoms with E-state index in [2.05, 4.69) is 25.7 Å². The molecule has 0 aromatic heterocycles. The number of carboxylic acid groups (broad SMARTS) is 1. The van der Waals surface area contributed by atoms with E-state index in [0.717, 1.165) is 25.9 Å². The summed E-state index contributed by atoms with van der Waals surface area (Å²) in [6, 6.07) is 7.78. The predicted octanol–water partition coefficient (Wildman–Crippen LogP) is 3.05. The Labute approximate surface area is 109 Å². The standard InChI is InChI=1S/C15H23NO2/c1-4-12(3)16(5-2)11-10-13-6-8-14(9-7-13)15(17)18/h6-9,12H,4-5,10-11H2,1-3H3,(H,17,18). The second-order valence-corrected chi connectivity index (χ2v) is 4.64. The van der Waals surface area contributed by atoms with E-state index in [9.17, 15) is 4.79 Å². The molecule has 1 aromatic rings. The lowest BCUT2D eigenvalue weighted by molar-refractivity contribution is 0.0697. The first-order chi connectivity index (χ1) is 8.58. The van der Waals surface area contributed by atoms with Gasteiger partial charge in [-0.2, -0.15) is 0 Å². The van der Waals surface area contributed by atoms with Gasteiger partial charge in [-0.3, -0.25) is 0 Å². The highest BCUT2D eigenvalue weighted by atomic mass is 16.4. The molecule has 0 amide bonds. The average Bonchev–Trinajstić information content (AvgIpc) is 2.39. The number of hydrogen-bond acceptors (Lipinski definition) is 2. The summed E-state index contributed by atoms with van der Waals surface area (Å²) in [7, 11) is 0. The van der Waals surface area contributed by atoms with Crippen molar-refractivity contribution >= 4 is 5.97 Å². The van der Waals surface area contributed by atoms with Gasteiger partial charge in [0.2, 0.25) is 0 Å². The molecular weight excluding hydrogens is 226 g/mol. The number of rotatable bonds is 7. The zero-order valence-corrected chi connectivity index (χ0v) is 11.5. The van der Waals surface area contributed by atoms with Crippen molar-refractivity contribution in [3.63, 3.8) is 0 Å². The summed E-state index contributed by atoms with van der Waals surface area (Å²) < 4.78 is 0. The summed E-state index contributed by atoms with van der Waals surface area (Å²) in [6.07, 6.45) is 2.13. The molecule has 3 nitrogen and oxygen atoms in total. The van der Waals surface area contributed by atoms with Crippen molar-refractivity contribution in [2.45, 2.75) is 39.7 Å². The van der Waals surface area contributed by atoms with Gasteiger partial charge in [-0.25, -0.2) is 4.79 Å². The number of carboxylic acids is 1. The summed E-state index contributed by atoms with van der Waals surface area (Å²) in [5, 5.41) is 8.83. The highest BCUT2D eigenvalue weighted by molar-refractivity contribution is 5.87. The lowest BCUT2D eigenvalue weighted by atomic mass is 10.1. The van der Waals surface area contributed by atoms with Gasteiger partial charge in [-0.15, -0.1) is 0 Å². The molecule has 0 aliphatic carbocycles. The Balaban J connectivity index is 2.54. The minimum absolute atomic E-state index is 0.355. The van der Waals surface area contributed by atoms with E-state index in [4.69, 9.17) is 5.11 Å². The summed E-state index contributed by atoms with van der Waals surface area (Å²) in [5.74, 6) is -0.865. The van der Waals surface area contributed by atoms with Gasteiger partial charge in [0.25, 0.3) is 0 Å². The van der Waals surface area contributed by atoms with Gasteiger partial charge >= 0.3 is 5.97 Å². The van der Waals surface area contributed by atoms with Gasteiger partial charge in [-0.05, 0) is 44.0 Å². The summed E-state index contributed by atoms with van der Waals surface area (Å²) in [4.78, 5) is 13.2. The van der Waals surface area contributed by atoms with Crippen LogP contribution in [0.25, 0.3) is 0 Å². The summed E-state index contributed by atoms with van der Waals surface area (Å²) >= 11 is 0. The van der Waals surface area contributed by atoms with Crippen LogP contribution in [0.1, 0.15) is 43.1 Å². The van der Waals surface area contributed by atoms with Gasteiger partial charge in [0, 0.05) is 12.6 Å². The van der Waals surface area contributed by atoms with Crippen molar-refractivity contribution in [2.24, 2.45) is 0 Å². The first kappa shape index (κ1) is 14.7. The number of aromatic carboxylic acids is 1. The van der Waals surface area contributed by atoms with E-state index < -0.39 is 5.97 Å². The van der Waals surface area contributed by atoms with Gasteiger partial charge < -0.3 is 10.0 Å². The number of carbonyl (C=O) groups is 1.